The lowest BCUT2D eigenvalue weighted by Crippen LogP contribution is -2.31. The van der Waals surface area contributed by atoms with E-state index in [-0.39, 0.29) is 12.5 Å². The number of hydrogen-bond acceptors (Lipinski definition) is 3. The Morgan fingerprint density at radius 2 is 2.19 bits per heavy atom. The molecule has 0 bridgehead atoms. The van der Waals surface area contributed by atoms with Crippen molar-refractivity contribution in [1.29, 1.82) is 0 Å². The summed E-state index contributed by atoms with van der Waals surface area (Å²) in [5.41, 5.74) is 0.339. The second-order valence-corrected chi connectivity index (χ2v) is 7.33. The molecule has 1 N–H and O–H groups in total. The number of aliphatic hydroxyl groups excluding tert-OH is 1. The van der Waals surface area contributed by atoms with Gasteiger partial charge in [0.2, 0.25) is 0 Å². The Morgan fingerprint density at radius 1 is 1.38 bits per heavy atom. The van der Waals surface area contributed by atoms with Crippen LogP contribution in [0.15, 0.2) is 12.1 Å². The molecule has 0 spiro atoms. The fourth-order valence-corrected chi connectivity index (χ4v) is 3.36. The van der Waals surface area contributed by atoms with E-state index in [1.165, 1.54) is 17.8 Å². The number of hydrogen-bond donors (Lipinski definition) is 1. The zero-order valence-electron chi connectivity index (χ0n) is 12.8. The molecule has 1 aromatic heterocycles. The van der Waals surface area contributed by atoms with Gasteiger partial charge in [-0.15, -0.1) is 11.3 Å². The van der Waals surface area contributed by atoms with Crippen molar-refractivity contribution in [3.63, 3.8) is 0 Å². The average Bonchev–Trinajstić information content (AvgIpc) is 2.83. The molecule has 0 saturated carbocycles. The fraction of sp³-hybridized carbons (Fsp3) is 0.588. The predicted molar refractivity (Wildman–Crippen MR) is 86.4 cm³/mol. The van der Waals surface area contributed by atoms with Crippen molar-refractivity contribution >= 4 is 17.2 Å². The van der Waals surface area contributed by atoms with Gasteiger partial charge in [0.15, 0.2) is 0 Å². The third kappa shape index (κ3) is 4.59. The standard InChI is InChI=1S/C17H23NO2S/c1-17(2)9-5-11-18(12-10-17)16(20)15-8-7-14(21-15)6-3-4-13-19/h7-8,19H,4-5,9-13H2,1-2H3. The second kappa shape index (κ2) is 7.11. The second-order valence-electron chi connectivity index (χ2n) is 6.25. The van der Waals surface area contributed by atoms with Gasteiger partial charge in [-0.25, -0.2) is 0 Å². The summed E-state index contributed by atoms with van der Waals surface area (Å²) in [6, 6.07) is 3.76. The van der Waals surface area contributed by atoms with Crippen LogP contribution in [-0.4, -0.2) is 35.6 Å². The van der Waals surface area contributed by atoms with Gasteiger partial charge in [0.25, 0.3) is 5.91 Å². The molecule has 1 aliphatic heterocycles. The number of carbonyl (C=O) groups excluding carboxylic acids is 1. The average molecular weight is 305 g/mol. The van der Waals surface area contributed by atoms with Gasteiger partial charge in [-0.2, -0.15) is 0 Å². The number of carbonyl (C=O) groups is 1. The Labute approximate surface area is 131 Å². The smallest absolute Gasteiger partial charge is 0.263 e. The maximum Gasteiger partial charge on any atom is 0.263 e. The van der Waals surface area contributed by atoms with Crippen LogP contribution in [0.3, 0.4) is 0 Å². The van der Waals surface area contributed by atoms with Crippen LogP contribution in [0, 0.1) is 17.3 Å². The molecular weight excluding hydrogens is 282 g/mol. The first-order valence-electron chi connectivity index (χ1n) is 7.51. The maximum absolute atomic E-state index is 12.6. The van der Waals surface area contributed by atoms with E-state index >= 15 is 0 Å². The minimum absolute atomic E-state index is 0.0771. The van der Waals surface area contributed by atoms with Crippen molar-refractivity contribution in [3.05, 3.63) is 21.9 Å². The van der Waals surface area contributed by atoms with Crippen LogP contribution in [0.25, 0.3) is 0 Å². The van der Waals surface area contributed by atoms with Crippen LogP contribution >= 0.6 is 11.3 Å². The number of likely N-dealkylation sites (tertiary alicyclic amines) is 1. The molecule has 4 heteroatoms. The molecule has 1 aromatic rings. The third-order valence-electron chi connectivity index (χ3n) is 3.89. The molecule has 21 heavy (non-hydrogen) atoms. The molecule has 0 aliphatic carbocycles. The van der Waals surface area contributed by atoms with Crippen LogP contribution < -0.4 is 0 Å². The van der Waals surface area contributed by atoms with E-state index in [9.17, 15) is 4.79 Å². The van der Waals surface area contributed by atoms with Gasteiger partial charge >= 0.3 is 0 Å². The summed E-state index contributed by atoms with van der Waals surface area (Å²) in [6.45, 7) is 6.33. The van der Waals surface area contributed by atoms with E-state index in [4.69, 9.17) is 5.11 Å². The quantitative estimate of drug-likeness (QED) is 0.853. The molecule has 1 saturated heterocycles. The lowest BCUT2D eigenvalue weighted by molar-refractivity contribution is 0.0762. The van der Waals surface area contributed by atoms with Crippen molar-refractivity contribution in [2.45, 2.75) is 39.5 Å². The molecule has 114 valence electrons. The van der Waals surface area contributed by atoms with Crippen molar-refractivity contribution in [2.24, 2.45) is 5.41 Å². The summed E-state index contributed by atoms with van der Waals surface area (Å²) in [6.07, 6.45) is 3.79. The Bertz CT molecular complexity index is 551. The molecule has 0 radical (unpaired) electrons. The van der Waals surface area contributed by atoms with Crippen LogP contribution in [0.2, 0.25) is 0 Å². The zero-order chi connectivity index (χ0) is 15.3. The van der Waals surface area contributed by atoms with E-state index in [1.54, 1.807) is 0 Å². The first kappa shape index (κ1) is 16.1. The predicted octanol–water partition coefficient (Wildman–Crippen LogP) is 3.13. The van der Waals surface area contributed by atoms with Gasteiger partial charge in [-0.05, 0) is 36.8 Å². The minimum atomic E-state index is 0.0771. The van der Waals surface area contributed by atoms with Gasteiger partial charge in [0.05, 0.1) is 16.4 Å². The molecule has 1 aliphatic rings. The molecule has 0 unspecified atom stereocenters. The van der Waals surface area contributed by atoms with Crippen molar-refractivity contribution in [3.8, 4) is 11.8 Å². The highest BCUT2D eigenvalue weighted by molar-refractivity contribution is 7.14. The zero-order valence-corrected chi connectivity index (χ0v) is 13.6. The number of rotatable bonds is 2. The van der Waals surface area contributed by atoms with E-state index in [2.05, 4.69) is 25.7 Å². The summed E-state index contributed by atoms with van der Waals surface area (Å²) in [4.78, 5) is 16.2. The Kier molecular flexibility index (Phi) is 5.44. The van der Waals surface area contributed by atoms with Crippen molar-refractivity contribution in [2.75, 3.05) is 19.7 Å². The van der Waals surface area contributed by atoms with Gasteiger partial charge in [0.1, 0.15) is 0 Å². The normalized spacial score (nSPS) is 17.8. The number of aliphatic hydroxyl groups is 1. The highest BCUT2D eigenvalue weighted by atomic mass is 32.1. The van der Waals surface area contributed by atoms with E-state index in [1.807, 2.05) is 17.0 Å². The molecule has 0 aromatic carbocycles. The lowest BCUT2D eigenvalue weighted by Gasteiger charge is -2.23. The summed E-state index contributed by atoms with van der Waals surface area (Å²) >= 11 is 1.45. The highest BCUT2D eigenvalue weighted by Crippen LogP contribution is 2.30. The highest BCUT2D eigenvalue weighted by Gasteiger charge is 2.26. The van der Waals surface area contributed by atoms with Crippen molar-refractivity contribution < 1.29 is 9.90 Å². The molecule has 2 heterocycles. The maximum atomic E-state index is 12.6. The number of thiophene rings is 1. The van der Waals surface area contributed by atoms with Crippen LogP contribution in [0.5, 0.6) is 0 Å². The number of nitrogens with zero attached hydrogens (tertiary/aromatic N) is 1. The van der Waals surface area contributed by atoms with E-state index in [0.717, 1.165) is 35.7 Å². The number of amides is 1. The van der Waals surface area contributed by atoms with Crippen LogP contribution in [0.4, 0.5) is 0 Å². The first-order valence-corrected chi connectivity index (χ1v) is 8.32. The topological polar surface area (TPSA) is 40.5 Å². The summed E-state index contributed by atoms with van der Waals surface area (Å²) in [5, 5.41) is 8.72. The molecule has 0 atom stereocenters. The van der Waals surface area contributed by atoms with Gasteiger partial charge in [-0.1, -0.05) is 25.7 Å². The summed E-state index contributed by atoms with van der Waals surface area (Å²) in [5.74, 6) is 6.01. The third-order valence-corrected chi connectivity index (χ3v) is 4.88. The lowest BCUT2D eigenvalue weighted by atomic mass is 9.85. The van der Waals surface area contributed by atoms with E-state index in [0.29, 0.717) is 11.8 Å². The molecule has 1 amide bonds. The van der Waals surface area contributed by atoms with Gasteiger partial charge in [0, 0.05) is 19.5 Å². The van der Waals surface area contributed by atoms with Crippen molar-refractivity contribution in [1.82, 2.24) is 4.90 Å². The largest absolute Gasteiger partial charge is 0.395 e. The molecule has 2 rings (SSSR count). The van der Waals surface area contributed by atoms with Gasteiger partial charge < -0.3 is 10.0 Å². The molecule has 3 nitrogen and oxygen atoms in total. The SMILES string of the molecule is CC1(C)CCCN(C(=O)c2ccc(C#CCCO)s2)CC1. The van der Waals surface area contributed by atoms with Gasteiger partial charge in [-0.3, -0.25) is 4.79 Å². The molecule has 1 fully saturated rings. The Morgan fingerprint density at radius 3 is 2.95 bits per heavy atom. The Balaban J connectivity index is 2.02. The van der Waals surface area contributed by atoms with E-state index < -0.39 is 0 Å². The summed E-state index contributed by atoms with van der Waals surface area (Å²) in [7, 11) is 0. The minimum Gasteiger partial charge on any atom is -0.395 e. The van der Waals surface area contributed by atoms with Crippen LogP contribution in [-0.2, 0) is 0 Å². The Hall–Kier alpha value is -1.31. The first-order chi connectivity index (χ1) is 10.0. The van der Waals surface area contributed by atoms with Crippen LogP contribution in [0.1, 0.15) is 54.1 Å². The molecular formula is C17H23NO2S. The monoisotopic (exact) mass is 305 g/mol. The fourth-order valence-electron chi connectivity index (χ4n) is 2.51. The summed E-state index contributed by atoms with van der Waals surface area (Å²) < 4.78 is 0.